The molecule has 0 saturated carbocycles. The van der Waals surface area contributed by atoms with Crippen molar-refractivity contribution in [2.75, 3.05) is 0 Å². The Kier molecular flexibility index (Phi) is 6.44. The first kappa shape index (κ1) is 21.4. The fraction of sp³-hybridized carbons (Fsp3) is 0.400. The molecule has 1 aliphatic rings. The lowest BCUT2D eigenvalue weighted by Crippen LogP contribution is -2.34. The van der Waals surface area contributed by atoms with Crippen LogP contribution in [-0.2, 0) is 22.6 Å². The van der Waals surface area contributed by atoms with Gasteiger partial charge in [-0.25, -0.2) is 24.0 Å². The molecule has 2 aromatic rings. The molecule has 9 nitrogen and oxygen atoms in total. The van der Waals surface area contributed by atoms with Crippen LogP contribution in [0.25, 0.3) is 0 Å². The number of hydrogen-bond acceptors (Lipinski definition) is 5. The summed E-state index contributed by atoms with van der Waals surface area (Å²) in [4.78, 5) is 36.4. The van der Waals surface area contributed by atoms with E-state index in [0.717, 1.165) is 5.56 Å². The van der Waals surface area contributed by atoms with Crippen LogP contribution in [0.5, 0.6) is 0 Å². The van der Waals surface area contributed by atoms with Gasteiger partial charge in [0.1, 0.15) is 17.0 Å². The lowest BCUT2D eigenvalue weighted by atomic mass is 10.1. The first-order valence-electron chi connectivity index (χ1n) is 7.82. The van der Waals surface area contributed by atoms with Crippen LogP contribution < -0.4 is 5.69 Å². The molecule has 0 bridgehead atoms. The lowest BCUT2D eigenvalue weighted by molar-refractivity contribution is -0.192. The van der Waals surface area contributed by atoms with Gasteiger partial charge in [-0.15, -0.1) is 0 Å². The summed E-state index contributed by atoms with van der Waals surface area (Å²) in [6, 6.07) is 2.57. The maximum atomic E-state index is 12.4. The van der Waals surface area contributed by atoms with Gasteiger partial charge in [0.25, 0.3) is 0 Å². The van der Waals surface area contributed by atoms with E-state index >= 15 is 0 Å². The minimum absolute atomic E-state index is 0.243. The number of pyridine rings is 1. The number of halogens is 4. The van der Waals surface area contributed by atoms with E-state index in [1.807, 2.05) is 0 Å². The van der Waals surface area contributed by atoms with Crippen LogP contribution in [0.2, 0.25) is 5.15 Å². The SMILES string of the molecule is O=C(O)C(F)(F)F.O=C(O)C1CCCc2nn(Cc3ccnc(Cl)c3)c(=O)n21. The van der Waals surface area contributed by atoms with Crippen molar-refractivity contribution in [2.24, 2.45) is 0 Å². The van der Waals surface area contributed by atoms with Gasteiger partial charge in [-0.05, 0) is 30.5 Å². The summed E-state index contributed by atoms with van der Waals surface area (Å²) in [5, 5.41) is 20.9. The van der Waals surface area contributed by atoms with Crippen molar-refractivity contribution in [2.45, 2.75) is 38.0 Å². The summed E-state index contributed by atoms with van der Waals surface area (Å²) >= 11 is 5.81. The Labute approximate surface area is 160 Å². The predicted molar refractivity (Wildman–Crippen MR) is 88.1 cm³/mol. The Morgan fingerprint density at radius 2 is 1.96 bits per heavy atom. The Bertz CT molecular complexity index is 940. The molecule has 3 heterocycles. The monoisotopic (exact) mass is 422 g/mol. The van der Waals surface area contributed by atoms with E-state index in [4.69, 9.17) is 21.5 Å². The van der Waals surface area contributed by atoms with Crippen molar-refractivity contribution in [3.05, 3.63) is 45.4 Å². The molecular weight excluding hydrogens is 409 g/mol. The van der Waals surface area contributed by atoms with E-state index in [0.29, 0.717) is 30.2 Å². The van der Waals surface area contributed by atoms with E-state index in [2.05, 4.69) is 10.1 Å². The zero-order chi connectivity index (χ0) is 21.1. The number of aryl methyl sites for hydroxylation is 1. The molecule has 0 saturated heterocycles. The van der Waals surface area contributed by atoms with Gasteiger partial charge in [0.2, 0.25) is 0 Å². The highest BCUT2D eigenvalue weighted by atomic mass is 35.5. The molecule has 2 N–H and O–H groups in total. The van der Waals surface area contributed by atoms with Crippen molar-refractivity contribution in [3.63, 3.8) is 0 Å². The van der Waals surface area contributed by atoms with Gasteiger partial charge >= 0.3 is 23.8 Å². The zero-order valence-electron chi connectivity index (χ0n) is 14.1. The number of carbonyl (C=O) groups is 2. The molecule has 3 rings (SSSR count). The molecule has 0 aromatic carbocycles. The second kappa shape index (κ2) is 8.42. The van der Waals surface area contributed by atoms with Crippen LogP contribution in [0.3, 0.4) is 0 Å². The number of aliphatic carboxylic acids is 2. The van der Waals surface area contributed by atoms with Crippen molar-refractivity contribution in [3.8, 4) is 0 Å². The van der Waals surface area contributed by atoms with Crippen LogP contribution in [-0.4, -0.2) is 47.7 Å². The van der Waals surface area contributed by atoms with Gasteiger partial charge in [0, 0.05) is 12.6 Å². The standard InChI is InChI=1S/C13H13ClN4O3.C2HF3O2/c14-10-6-8(4-5-15-10)7-17-13(21)18-9(12(19)20)2-1-3-11(18)16-17;3-2(4,5)1(6)7/h4-6,9H,1-3,7H2,(H,19,20);(H,6,7). The third kappa shape index (κ3) is 5.09. The Morgan fingerprint density at radius 1 is 1.32 bits per heavy atom. The Balaban J connectivity index is 0.000000345. The van der Waals surface area contributed by atoms with Crippen molar-refractivity contribution >= 4 is 23.5 Å². The molecule has 0 spiro atoms. The minimum atomic E-state index is -5.08. The predicted octanol–water partition coefficient (Wildman–Crippen LogP) is 1.74. The molecule has 0 fully saturated rings. The molecular formula is C15H14ClF3N4O5. The number of alkyl halides is 3. The number of nitrogens with zero attached hydrogens (tertiary/aromatic N) is 4. The molecule has 1 aliphatic heterocycles. The van der Waals surface area contributed by atoms with Gasteiger partial charge in [-0.1, -0.05) is 11.6 Å². The van der Waals surface area contributed by atoms with Crippen LogP contribution in [0.1, 0.15) is 30.3 Å². The Hall–Kier alpha value is -2.89. The largest absolute Gasteiger partial charge is 0.490 e. The fourth-order valence-corrected chi connectivity index (χ4v) is 2.78. The number of aromatic nitrogens is 4. The smallest absolute Gasteiger partial charge is 0.480 e. The first-order valence-corrected chi connectivity index (χ1v) is 8.20. The van der Waals surface area contributed by atoms with Gasteiger partial charge in [-0.3, -0.25) is 4.57 Å². The molecule has 28 heavy (non-hydrogen) atoms. The number of rotatable bonds is 3. The van der Waals surface area contributed by atoms with Gasteiger partial charge in [0.15, 0.2) is 0 Å². The summed E-state index contributed by atoms with van der Waals surface area (Å²) in [6.45, 7) is 0.243. The highest BCUT2D eigenvalue weighted by Crippen LogP contribution is 2.22. The van der Waals surface area contributed by atoms with Crippen molar-refractivity contribution in [1.29, 1.82) is 0 Å². The molecule has 0 amide bonds. The zero-order valence-corrected chi connectivity index (χ0v) is 14.8. The lowest BCUT2D eigenvalue weighted by Gasteiger charge is -2.19. The third-order valence-electron chi connectivity index (χ3n) is 3.78. The number of fused-ring (bicyclic) bond motifs is 1. The van der Waals surface area contributed by atoms with Crippen molar-refractivity contribution < 1.29 is 33.0 Å². The maximum absolute atomic E-state index is 12.4. The molecule has 13 heteroatoms. The summed E-state index contributed by atoms with van der Waals surface area (Å²) < 4.78 is 34.3. The molecule has 0 radical (unpaired) electrons. The second-order valence-corrected chi connectivity index (χ2v) is 6.15. The summed E-state index contributed by atoms with van der Waals surface area (Å²) in [5.74, 6) is -3.23. The normalized spacial score (nSPS) is 15.9. The van der Waals surface area contributed by atoms with Crippen LogP contribution >= 0.6 is 11.6 Å². The van der Waals surface area contributed by atoms with Gasteiger partial charge in [-0.2, -0.15) is 18.3 Å². The number of hydrogen-bond donors (Lipinski definition) is 2. The van der Waals surface area contributed by atoms with E-state index in [1.165, 1.54) is 9.25 Å². The van der Waals surface area contributed by atoms with Crippen molar-refractivity contribution in [1.82, 2.24) is 19.3 Å². The average molecular weight is 423 g/mol. The molecule has 152 valence electrons. The number of carboxylic acids is 2. The minimum Gasteiger partial charge on any atom is -0.480 e. The maximum Gasteiger partial charge on any atom is 0.490 e. The van der Waals surface area contributed by atoms with Gasteiger partial charge in [0.05, 0.1) is 6.54 Å². The van der Waals surface area contributed by atoms with E-state index in [9.17, 15) is 27.9 Å². The van der Waals surface area contributed by atoms with Crippen LogP contribution in [0.15, 0.2) is 23.1 Å². The summed E-state index contributed by atoms with van der Waals surface area (Å²) in [7, 11) is 0. The fourth-order valence-electron chi connectivity index (χ4n) is 2.58. The summed E-state index contributed by atoms with van der Waals surface area (Å²) in [6.07, 6.45) is -1.74. The third-order valence-corrected chi connectivity index (χ3v) is 3.99. The average Bonchev–Trinajstić information content (AvgIpc) is 2.90. The topological polar surface area (TPSA) is 127 Å². The van der Waals surface area contributed by atoms with E-state index in [1.54, 1.807) is 18.3 Å². The molecule has 1 unspecified atom stereocenters. The highest BCUT2D eigenvalue weighted by molar-refractivity contribution is 6.29. The number of carboxylic acid groups (broad SMARTS) is 2. The quantitative estimate of drug-likeness (QED) is 0.721. The molecule has 2 aromatic heterocycles. The van der Waals surface area contributed by atoms with E-state index < -0.39 is 29.8 Å². The van der Waals surface area contributed by atoms with E-state index in [-0.39, 0.29) is 6.54 Å². The van der Waals surface area contributed by atoms with Gasteiger partial charge < -0.3 is 10.2 Å². The van der Waals surface area contributed by atoms with Crippen LogP contribution in [0.4, 0.5) is 13.2 Å². The van der Waals surface area contributed by atoms with Crippen LogP contribution in [0, 0.1) is 0 Å². The Morgan fingerprint density at radius 3 is 2.50 bits per heavy atom. The molecule has 1 atom stereocenters. The second-order valence-electron chi connectivity index (χ2n) is 5.76. The molecule has 0 aliphatic carbocycles. The summed E-state index contributed by atoms with van der Waals surface area (Å²) in [5.41, 5.74) is 0.393. The first-order chi connectivity index (χ1) is 13.0. The highest BCUT2D eigenvalue weighted by Gasteiger charge is 2.38.